The molecule has 3 rings (SSSR count). The van der Waals surface area contributed by atoms with Crippen molar-refractivity contribution in [1.82, 2.24) is 5.32 Å². The first kappa shape index (κ1) is 19.0. The number of thiophene rings is 1. The van der Waals surface area contributed by atoms with Gasteiger partial charge in [0.25, 0.3) is 11.8 Å². The molecule has 2 amide bonds. The standard InChI is InChI=1S/C18H18Cl2N2O3S/c1-21-17(24)16-11-4-2-3-5-14(11)26-18(16)22-15(23)9-25-13-7-6-10(19)8-12(13)20/h6-8H,2-5,9H2,1H3,(H,21,24)(H,22,23). The van der Waals surface area contributed by atoms with Crippen LogP contribution >= 0.6 is 34.5 Å². The second-order valence-electron chi connectivity index (χ2n) is 5.91. The van der Waals surface area contributed by atoms with Gasteiger partial charge in [0.1, 0.15) is 10.8 Å². The second-order valence-corrected chi connectivity index (χ2v) is 7.85. The number of fused-ring (bicyclic) bond motifs is 1. The monoisotopic (exact) mass is 412 g/mol. The molecule has 0 unspecified atom stereocenters. The lowest BCUT2D eigenvalue weighted by molar-refractivity contribution is -0.118. The van der Waals surface area contributed by atoms with Gasteiger partial charge < -0.3 is 15.4 Å². The van der Waals surface area contributed by atoms with Crippen molar-refractivity contribution in [3.05, 3.63) is 44.2 Å². The Morgan fingerprint density at radius 1 is 1.23 bits per heavy atom. The van der Waals surface area contributed by atoms with Crippen molar-refractivity contribution < 1.29 is 14.3 Å². The van der Waals surface area contributed by atoms with Gasteiger partial charge in [-0.05, 0) is 49.4 Å². The van der Waals surface area contributed by atoms with Crippen LogP contribution in [-0.4, -0.2) is 25.5 Å². The molecule has 0 radical (unpaired) electrons. The minimum absolute atomic E-state index is 0.179. The topological polar surface area (TPSA) is 67.4 Å². The SMILES string of the molecule is CNC(=O)c1c(NC(=O)COc2ccc(Cl)cc2Cl)sc2c1CCCC2. The lowest BCUT2D eigenvalue weighted by Gasteiger charge is -2.12. The average Bonchev–Trinajstić information content (AvgIpc) is 2.98. The number of aryl methyl sites for hydroxylation is 1. The van der Waals surface area contributed by atoms with Crippen LogP contribution in [0.4, 0.5) is 5.00 Å². The van der Waals surface area contributed by atoms with E-state index in [1.165, 1.54) is 16.2 Å². The number of amides is 2. The lowest BCUT2D eigenvalue weighted by atomic mass is 9.95. The van der Waals surface area contributed by atoms with Crippen molar-refractivity contribution in [2.75, 3.05) is 19.0 Å². The van der Waals surface area contributed by atoms with Crippen LogP contribution < -0.4 is 15.4 Å². The minimum Gasteiger partial charge on any atom is -0.482 e. The molecular formula is C18H18Cl2N2O3S. The highest BCUT2D eigenvalue weighted by Crippen LogP contribution is 2.38. The van der Waals surface area contributed by atoms with Crippen molar-refractivity contribution in [3.63, 3.8) is 0 Å². The summed E-state index contributed by atoms with van der Waals surface area (Å²) < 4.78 is 5.46. The summed E-state index contributed by atoms with van der Waals surface area (Å²) in [4.78, 5) is 25.8. The maximum absolute atomic E-state index is 12.3. The van der Waals surface area contributed by atoms with Crippen molar-refractivity contribution >= 4 is 51.4 Å². The van der Waals surface area contributed by atoms with Crippen LogP contribution in [0, 0.1) is 0 Å². The van der Waals surface area contributed by atoms with Crippen LogP contribution in [-0.2, 0) is 17.6 Å². The van der Waals surface area contributed by atoms with E-state index in [9.17, 15) is 9.59 Å². The van der Waals surface area contributed by atoms with E-state index in [1.54, 1.807) is 25.2 Å². The van der Waals surface area contributed by atoms with Gasteiger partial charge in [0.05, 0.1) is 10.6 Å². The molecule has 0 fully saturated rings. The maximum atomic E-state index is 12.3. The smallest absolute Gasteiger partial charge is 0.262 e. The zero-order chi connectivity index (χ0) is 18.7. The van der Waals surface area contributed by atoms with E-state index >= 15 is 0 Å². The van der Waals surface area contributed by atoms with E-state index in [0.29, 0.717) is 26.4 Å². The third kappa shape index (κ3) is 4.14. The van der Waals surface area contributed by atoms with Crippen LogP contribution in [0.15, 0.2) is 18.2 Å². The van der Waals surface area contributed by atoms with Crippen molar-refractivity contribution in [3.8, 4) is 5.75 Å². The fourth-order valence-corrected chi connectivity index (χ4v) is 4.68. The summed E-state index contributed by atoms with van der Waals surface area (Å²) in [5, 5.41) is 6.87. The molecule has 1 heterocycles. The predicted molar refractivity (Wildman–Crippen MR) is 105 cm³/mol. The summed E-state index contributed by atoms with van der Waals surface area (Å²) in [6.45, 7) is -0.211. The molecule has 2 N–H and O–H groups in total. The van der Waals surface area contributed by atoms with Gasteiger partial charge in [0.2, 0.25) is 0 Å². The Bertz CT molecular complexity index is 851. The van der Waals surface area contributed by atoms with Gasteiger partial charge in [-0.25, -0.2) is 0 Å². The highest BCUT2D eigenvalue weighted by molar-refractivity contribution is 7.17. The van der Waals surface area contributed by atoms with E-state index in [4.69, 9.17) is 27.9 Å². The quantitative estimate of drug-likeness (QED) is 0.768. The van der Waals surface area contributed by atoms with Crippen LogP contribution in [0.3, 0.4) is 0 Å². The molecule has 0 saturated carbocycles. The molecule has 2 aromatic rings. The van der Waals surface area contributed by atoms with Gasteiger partial charge in [0.15, 0.2) is 6.61 Å². The Morgan fingerprint density at radius 3 is 2.73 bits per heavy atom. The number of ether oxygens (including phenoxy) is 1. The molecule has 8 heteroatoms. The van der Waals surface area contributed by atoms with E-state index in [2.05, 4.69) is 10.6 Å². The Labute approximate surface area is 165 Å². The van der Waals surface area contributed by atoms with Crippen molar-refractivity contribution in [2.45, 2.75) is 25.7 Å². The van der Waals surface area contributed by atoms with Gasteiger partial charge >= 0.3 is 0 Å². The predicted octanol–water partition coefficient (Wildman–Crippen LogP) is 4.31. The average molecular weight is 413 g/mol. The van der Waals surface area contributed by atoms with Gasteiger partial charge in [0, 0.05) is 16.9 Å². The molecule has 1 aromatic carbocycles. The van der Waals surface area contributed by atoms with Crippen molar-refractivity contribution in [1.29, 1.82) is 0 Å². The highest BCUT2D eigenvalue weighted by Gasteiger charge is 2.25. The van der Waals surface area contributed by atoms with Gasteiger partial charge in [-0.15, -0.1) is 11.3 Å². The summed E-state index contributed by atoms with van der Waals surface area (Å²) in [6.07, 6.45) is 3.96. The first-order valence-corrected chi connectivity index (χ1v) is 9.81. The normalized spacial score (nSPS) is 13.0. The number of halogens is 2. The van der Waals surface area contributed by atoms with Gasteiger partial charge in [-0.1, -0.05) is 23.2 Å². The van der Waals surface area contributed by atoms with Crippen LogP contribution in [0.5, 0.6) is 5.75 Å². The van der Waals surface area contributed by atoms with Crippen LogP contribution in [0.1, 0.15) is 33.6 Å². The first-order valence-electron chi connectivity index (χ1n) is 8.24. The Balaban J connectivity index is 1.72. The number of nitrogens with one attached hydrogen (secondary N) is 2. The van der Waals surface area contributed by atoms with Crippen molar-refractivity contribution in [2.24, 2.45) is 0 Å². The van der Waals surface area contributed by atoms with Crippen LogP contribution in [0.25, 0.3) is 0 Å². The number of rotatable bonds is 5. The molecule has 26 heavy (non-hydrogen) atoms. The van der Waals surface area contributed by atoms with E-state index in [1.807, 2.05) is 0 Å². The lowest BCUT2D eigenvalue weighted by Crippen LogP contribution is -2.24. The van der Waals surface area contributed by atoms with E-state index < -0.39 is 0 Å². The van der Waals surface area contributed by atoms with Gasteiger partial charge in [-0.2, -0.15) is 0 Å². The zero-order valence-corrected chi connectivity index (χ0v) is 16.5. The van der Waals surface area contributed by atoms with Crippen LogP contribution in [0.2, 0.25) is 10.0 Å². The number of carbonyl (C=O) groups excluding carboxylic acids is 2. The number of carbonyl (C=O) groups is 2. The minimum atomic E-state index is -0.347. The summed E-state index contributed by atoms with van der Waals surface area (Å²) >= 11 is 13.3. The fraction of sp³-hybridized carbons (Fsp3) is 0.333. The summed E-state index contributed by atoms with van der Waals surface area (Å²) in [6, 6.07) is 4.79. The summed E-state index contributed by atoms with van der Waals surface area (Å²) in [5.41, 5.74) is 1.63. The summed E-state index contributed by atoms with van der Waals surface area (Å²) in [7, 11) is 1.59. The number of anilines is 1. The molecule has 0 atom stereocenters. The zero-order valence-electron chi connectivity index (χ0n) is 14.2. The maximum Gasteiger partial charge on any atom is 0.262 e. The number of benzene rings is 1. The molecule has 1 aliphatic carbocycles. The summed E-state index contributed by atoms with van der Waals surface area (Å²) in [5.74, 6) is -0.149. The first-order chi connectivity index (χ1) is 12.5. The Kier molecular flexibility index (Phi) is 6.06. The Morgan fingerprint density at radius 2 is 2.00 bits per heavy atom. The van der Waals surface area contributed by atoms with Gasteiger partial charge in [-0.3, -0.25) is 9.59 Å². The molecular weight excluding hydrogens is 395 g/mol. The number of hydrogen-bond acceptors (Lipinski definition) is 4. The molecule has 5 nitrogen and oxygen atoms in total. The fourth-order valence-electron chi connectivity index (χ4n) is 2.92. The molecule has 0 aliphatic heterocycles. The molecule has 1 aliphatic rings. The molecule has 138 valence electrons. The highest BCUT2D eigenvalue weighted by atomic mass is 35.5. The van der Waals surface area contributed by atoms with E-state index in [-0.39, 0.29) is 18.4 Å². The Hall–Kier alpha value is -1.76. The molecule has 0 bridgehead atoms. The third-order valence-corrected chi connectivity index (χ3v) is 5.87. The number of hydrogen-bond donors (Lipinski definition) is 2. The molecule has 0 spiro atoms. The van der Waals surface area contributed by atoms with E-state index in [0.717, 1.165) is 31.2 Å². The third-order valence-electron chi connectivity index (χ3n) is 4.13. The second kappa shape index (κ2) is 8.29. The molecule has 0 saturated heterocycles. The largest absolute Gasteiger partial charge is 0.482 e. The molecule has 1 aromatic heterocycles.